The van der Waals surface area contributed by atoms with E-state index in [-0.39, 0.29) is 23.8 Å². The molecule has 0 aromatic heterocycles. The van der Waals surface area contributed by atoms with Crippen LogP contribution in [0.1, 0.15) is 28.3 Å². The minimum Gasteiger partial charge on any atom is -0.508 e. The number of aryl methyl sites for hydroxylation is 1. The van der Waals surface area contributed by atoms with E-state index in [0.717, 1.165) is 16.7 Å². The number of phenolic OH excluding ortho intramolecular Hbond substituents is 1. The van der Waals surface area contributed by atoms with Crippen LogP contribution in [0.2, 0.25) is 0 Å². The van der Waals surface area contributed by atoms with Crippen molar-refractivity contribution in [1.82, 2.24) is 10.2 Å². The minimum absolute atomic E-state index is 0.108. The number of nitrogens with zero attached hydrogens (tertiary/aromatic N) is 1. The summed E-state index contributed by atoms with van der Waals surface area (Å²) in [7, 11) is -3.69. The predicted octanol–water partition coefficient (Wildman–Crippen LogP) is 2.99. The first-order chi connectivity index (χ1) is 15.4. The molecule has 1 aliphatic heterocycles. The Morgan fingerprint density at radius 1 is 1.06 bits per heavy atom. The SMILES string of the molecule is Cc1ccc(S(=O)(=O)C2CNCCN2C(c2cccc(CO)c2)c2ccccc2O)cc1. The molecule has 6 nitrogen and oxygen atoms in total. The van der Waals surface area contributed by atoms with Gasteiger partial charge in [-0.3, -0.25) is 4.90 Å². The van der Waals surface area contributed by atoms with Crippen molar-refractivity contribution >= 4 is 9.84 Å². The third-order valence-corrected chi connectivity index (χ3v) is 8.04. The van der Waals surface area contributed by atoms with Gasteiger partial charge in [-0.05, 0) is 36.2 Å². The Morgan fingerprint density at radius 2 is 1.81 bits per heavy atom. The Morgan fingerprint density at radius 3 is 2.53 bits per heavy atom. The number of hydrogen-bond acceptors (Lipinski definition) is 6. The first kappa shape index (κ1) is 22.5. The molecule has 4 rings (SSSR count). The number of aliphatic hydroxyl groups excluding tert-OH is 1. The molecular formula is C25H28N2O4S. The van der Waals surface area contributed by atoms with Crippen LogP contribution in [0.4, 0.5) is 0 Å². The lowest BCUT2D eigenvalue weighted by molar-refractivity contribution is 0.168. The summed E-state index contributed by atoms with van der Waals surface area (Å²) < 4.78 is 27.4. The fraction of sp³-hybridized carbons (Fsp3) is 0.280. The highest BCUT2D eigenvalue weighted by atomic mass is 32.2. The van der Waals surface area contributed by atoms with Gasteiger partial charge in [-0.25, -0.2) is 8.42 Å². The summed E-state index contributed by atoms with van der Waals surface area (Å²) in [6.07, 6.45) is 0. The van der Waals surface area contributed by atoms with Crippen LogP contribution in [0, 0.1) is 6.92 Å². The van der Waals surface area contributed by atoms with Crippen molar-refractivity contribution in [2.45, 2.75) is 29.8 Å². The maximum absolute atomic E-state index is 13.7. The zero-order valence-electron chi connectivity index (χ0n) is 18.0. The van der Waals surface area contributed by atoms with Gasteiger partial charge in [-0.2, -0.15) is 0 Å². The number of aromatic hydroxyl groups is 1. The molecule has 32 heavy (non-hydrogen) atoms. The van der Waals surface area contributed by atoms with Crippen molar-refractivity contribution < 1.29 is 18.6 Å². The monoisotopic (exact) mass is 452 g/mol. The summed E-state index contributed by atoms with van der Waals surface area (Å²) in [5, 5.41) is 22.8. The van der Waals surface area contributed by atoms with Gasteiger partial charge in [0.25, 0.3) is 0 Å². The first-order valence-corrected chi connectivity index (χ1v) is 12.2. The van der Waals surface area contributed by atoms with Gasteiger partial charge in [0.05, 0.1) is 17.5 Å². The van der Waals surface area contributed by atoms with Gasteiger partial charge in [0.2, 0.25) is 0 Å². The lowest BCUT2D eigenvalue weighted by atomic mass is 9.94. The molecule has 0 aliphatic carbocycles. The summed E-state index contributed by atoms with van der Waals surface area (Å²) in [6.45, 7) is 3.20. The molecule has 7 heteroatoms. The summed E-state index contributed by atoms with van der Waals surface area (Å²) in [6, 6.07) is 20.9. The van der Waals surface area contributed by atoms with E-state index in [9.17, 15) is 18.6 Å². The second-order valence-corrected chi connectivity index (χ2v) is 10.2. The van der Waals surface area contributed by atoms with Gasteiger partial charge in [0.15, 0.2) is 9.84 Å². The van der Waals surface area contributed by atoms with E-state index in [1.165, 1.54) is 0 Å². The number of hydrogen-bond donors (Lipinski definition) is 3. The molecule has 0 saturated carbocycles. The molecular weight excluding hydrogens is 424 g/mol. The predicted molar refractivity (Wildman–Crippen MR) is 124 cm³/mol. The molecule has 168 valence electrons. The van der Waals surface area contributed by atoms with Gasteiger partial charge in [-0.1, -0.05) is 60.2 Å². The minimum atomic E-state index is -3.69. The number of sulfone groups is 1. The topological polar surface area (TPSA) is 89.9 Å². The van der Waals surface area contributed by atoms with E-state index in [0.29, 0.717) is 18.7 Å². The fourth-order valence-electron chi connectivity index (χ4n) is 4.29. The van der Waals surface area contributed by atoms with Crippen molar-refractivity contribution in [3.8, 4) is 5.75 Å². The zero-order chi connectivity index (χ0) is 22.7. The molecule has 1 saturated heterocycles. The Kier molecular flexibility index (Phi) is 6.62. The molecule has 2 unspecified atom stereocenters. The van der Waals surface area contributed by atoms with Crippen LogP contribution in [0.3, 0.4) is 0 Å². The lowest BCUT2D eigenvalue weighted by Gasteiger charge is -2.41. The van der Waals surface area contributed by atoms with E-state index < -0.39 is 21.3 Å². The van der Waals surface area contributed by atoms with E-state index in [2.05, 4.69) is 5.32 Å². The highest BCUT2D eigenvalue weighted by Crippen LogP contribution is 2.38. The van der Waals surface area contributed by atoms with Gasteiger partial charge in [0.1, 0.15) is 11.1 Å². The average Bonchev–Trinajstić information content (AvgIpc) is 2.81. The van der Waals surface area contributed by atoms with Crippen molar-refractivity contribution in [2.75, 3.05) is 19.6 Å². The summed E-state index contributed by atoms with van der Waals surface area (Å²) >= 11 is 0. The third kappa shape index (κ3) is 4.42. The maximum Gasteiger partial charge on any atom is 0.195 e. The van der Waals surface area contributed by atoms with Crippen molar-refractivity contribution in [3.05, 3.63) is 95.1 Å². The second-order valence-electron chi connectivity index (χ2n) is 8.12. The number of piperazine rings is 1. The van der Waals surface area contributed by atoms with E-state index in [4.69, 9.17) is 0 Å². The Balaban J connectivity index is 1.84. The van der Waals surface area contributed by atoms with Crippen molar-refractivity contribution in [2.24, 2.45) is 0 Å². The molecule has 1 fully saturated rings. The van der Waals surface area contributed by atoms with Crippen LogP contribution in [0.15, 0.2) is 77.7 Å². The smallest absolute Gasteiger partial charge is 0.195 e. The Labute approximate surface area is 189 Å². The van der Waals surface area contributed by atoms with Crippen molar-refractivity contribution in [3.63, 3.8) is 0 Å². The van der Waals surface area contributed by atoms with E-state index in [1.807, 2.05) is 48.2 Å². The number of aliphatic hydroxyl groups is 1. The van der Waals surface area contributed by atoms with Crippen LogP contribution in [-0.4, -0.2) is 48.5 Å². The highest BCUT2D eigenvalue weighted by Gasteiger charge is 2.40. The zero-order valence-corrected chi connectivity index (χ0v) is 18.8. The van der Waals surface area contributed by atoms with Gasteiger partial charge in [-0.15, -0.1) is 0 Å². The molecule has 0 bridgehead atoms. The molecule has 1 aliphatic rings. The number of rotatable bonds is 6. The molecule has 1 heterocycles. The largest absolute Gasteiger partial charge is 0.508 e. The van der Waals surface area contributed by atoms with Gasteiger partial charge in [0, 0.05) is 25.2 Å². The molecule has 0 radical (unpaired) electrons. The van der Waals surface area contributed by atoms with Crippen LogP contribution in [0.25, 0.3) is 0 Å². The molecule has 3 N–H and O–H groups in total. The molecule has 3 aromatic rings. The van der Waals surface area contributed by atoms with Crippen LogP contribution < -0.4 is 5.32 Å². The van der Waals surface area contributed by atoms with Gasteiger partial charge < -0.3 is 15.5 Å². The van der Waals surface area contributed by atoms with E-state index in [1.54, 1.807) is 36.4 Å². The molecule has 0 spiro atoms. The summed E-state index contributed by atoms with van der Waals surface area (Å²) in [5.74, 6) is 0.108. The lowest BCUT2D eigenvalue weighted by Crippen LogP contribution is -2.55. The summed E-state index contributed by atoms with van der Waals surface area (Å²) in [4.78, 5) is 2.22. The summed E-state index contributed by atoms with van der Waals surface area (Å²) in [5.41, 5.74) is 3.18. The average molecular weight is 453 g/mol. The third-order valence-electron chi connectivity index (χ3n) is 5.96. The van der Waals surface area contributed by atoms with Crippen LogP contribution >= 0.6 is 0 Å². The number of phenols is 1. The quantitative estimate of drug-likeness (QED) is 0.533. The van der Waals surface area contributed by atoms with E-state index >= 15 is 0 Å². The normalized spacial score (nSPS) is 18.4. The molecule has 3 aromatic carbocycles. The Bertz CT molecular complexity index is 1180. The van der Waals surface area contributed by atoms with Crippen molar-refractivity contribution in [1.29, 1.82) is 0 Å². The Hall–Kier alpha value is -2.71. The fourth-order valence-corrected chi connectivity index (χ4v) is 6.04. The number of benzene rings is 3. The standard InChI is InChI=1S/C25H28N2O4S/c1-18-9-11-21(12-10-18)32(30,31)24-16-26-13-14-27(24)25(22-7-2-3-8-23(22)29)20-6-4-5-19(15-20)17-28/h2-12,15,24-26,28-29H,13-14,16-17H2,1H3. The van der Waals surface area contributed by atoms with Gasteiger partial charge >= 0.3 is 0 Å². The first-order valence-electron chi connectivity index (χ1n) is 10.7. The van der Waals surface area contributed by atoms with Crippen LogP contribution in [0.5, 0.6) is 5.75 Å². The maximum atomic E-state index is 13.7. The number of nitrogens with one attached hydrogen (secondary N) is 1. The molecule has 2 atom stereocenters. The highest BCUT2D eigenvalue weighted by molar-refractivity contribution is 7.92. The number of para-hydroxylation sites is 1. The second kappa shape index (κ2) is 9.42. The van der Waals surface area contributed by atoms with Crippen LogP contribution in [-0.2, 0) is 16.4 Å². The molecule has 0 amide bonds.